The molecule has 4 atom stereocenters. The van der Waals surface area contributed by atoms with Crippen molar-refractivity contribution in [2.24, 2.45) is 0 Å². The van der Waals surface area contributed by atoms with E-state index in [2.05, 4.69) is 31.1 Å². The molecule has 3 aromatic rings. The highest BCUT2D eigenvalue weighted by Crippen LogP contribution is 2.47. The summed E-state index contributed by atoms with van der Waals surface area (Å²) in [6.45, 7) is 17.0. The third-order valence-corrected chi connectivity index (χ3v) is 10.4. The van der Waals surface area contributed by atoms with Crippen molar-refractivity contribution in [1.29, 1.82) is 0 Å². The van der Waals surface area contributed by atoms with Gasteiger partial charge in [0, 0.05) is 16.6 Å². The fourth-order valence-electron chi connectivity index (χ4n) is 6.97. The topological polar surface area (TPSA) is 119 Å². The number of fused-ring (bicyclic) bond motifs is 5. The summed E-state index contributed by atoms with van der Waals surface area (Å²) in [5, 5.41) is 3.64. The Morgan fingerprint density at radius 2 is 1.77 bits per heavy atom. The molecule has 11 nitrogen and oxygen atoms in total. The molecular formula is C34H42BrFN6O5S. The summed E-state index contributed by atoms with van der Waals surface area (Å²) in [5.74, 6) is 0.140. The lowest BCUT2D eigenvalue weighted by molar-refractivity contribution is 0.000930. The second-order valence-electron chi connectivity index (χ2n) is 14.7. The van der Waals surface area contributed by atoms with Gasteiger partial charge in [0.25, 0.3) is 0 Å². The molecule has 5 heterocycles. The fraction of sp³-hybridized carbons (Fsp3) is 0.559. The van der Waals surface area contributed by atoms with Gasteiger partial charge in [0.05, 0.1) is 23.8 Å². The summed E-state index contributed by atoms with van der Waals surface area (Å²) in [6, 6.07) is 1.24. The number of piperazine rings is 1. The first-order valence-electron chi connectivity index (χ1n) is 16.1. The van der Waals surface area contributed by atoms with Crippen molar-refractivity contribution in [2.45, 2.75) is 116 Å². The second-order valence-corrected chi connectivity index (χ2v) is 16.2. The molecule has 0 spiro atoms. The monoisotopic (exact) mass is 744 g/mol. The van der Waals surface area contributed by atoms with Gasteiger partial charge in [0.15, 0.2) is 11.0 Å². The molecule has 6 rings (SSSR count). The van der Waals surface area contributed by atoms with Crippen molar-refractivity contribution in [3.8, 4) is 17.1 Å². The molecule has 1 N–H and O–H groups in total. The van der Waals surface area contributed by atoms with Gasteiger partial charge in [-0.15, -0.1) is 0 Å². The average Bonchev–Trinajstić information content (AvgIpc) is 3.23. The number of aryl methyl sites for hydroxylation is 1. The molecule has 2 amide bonds. The van der Waals surface area contributed by atoms with Gasteiger partial charge in [-0.2, -0.15) is 0 Å². The summed E-state index contributed by atoms with van der Waals surface area (Å²) >= 11 is 4.92. The van der Waals surface area contributed by atoms with Crippen LogP contribution in [0.2, 0.25) is 0 Å². The Morgan fingerprint density at radius 1 is 1.08 bits per heavy atom. The average molecular weight is 746 g/mol. The Kier molecular flexibility index (Phi) is 8.75. The van der Waals surface area contributed by atoms with Crippen LogP contribution in [0, 0.1) is 19.7 Å². The van der Waals surface area contributed by atoms with Gasteiger partial charge in [-0.25, -0.2) is 28.9 Å². The largest absolute Gasteiger partial charge is 0.472 e. The van der Waals surface area contributed by atoms with Crippen LogP contribution in [0.4, 0.5) is 25.5 Å². The quantitative estimate of drug-likeness (QED) is 0.209. The number of ether oxygens (including phenoxy) is 3. The Hall–Kier alpha value is -3.39. The Bertz CT molecular complexity index is 1830. The maximum atomic E-state index is 16.9. The normalized spacial score (nSPS) is 21.8. The molecule has 0 radical (unpaired) electrons. The Morgan fingerprint density at radius 3 is 2.42 bits per heavy atom. The van der Waals surface area contributed by atoms with E-state index in [1.165, 1.54) is 11.8 Å². The summed E-state index contributed by atoms with van der Waals surface area (Å²) in [4.78, 5) is 44.7. The highest BCUT2D eigenvalue weighted by Gasteiger charge is 2.53. The first-order valence-corrected chi connectivity index (χ1v) is 18.1. The predicted octanol–water partition coefficient (Wildman–Crippen LogP) is 8.02. The predicted molar refractivity (Wildman–Crippen MR) is 188 cm³/mol. The lowest BCUT2D eigenvalue weighted by atomic mass is 9.98. The third-order valence-electron chi connectivity index (χ3n) is 8.84. The highest BCUT2D eigenvalue weighted by molar-refractivity contribution is 9.10. The number of hydrogen-bond donors (Lipinski definition) is 1. The SMILES string of the molecule is CSc1nc2c3c(nc(-c4cc(C)c(Br)c(NC(=O)OC(C)(C)C)c4C)c(F)c3n1)O[C@@H](C)C1[C@@H]3CC[C@H](CN21)N3C(=O)OC(C)(C)C. The molecule has 2 bridgehead atoms. The van der Waals surface area contributed by atoms with Gasteiger partial charge in [-0.1, -0.05) is 11.8 Å². The van der Waals surface area contributed by atoms with Crippen LogP contribution in [-0.2, 0) is 9.47 Å². The van der Waals surface area contributed by atoms with Gasteiger partial charge in [-0.05, 0) is 115 Å². The van der Waals surface area contributed by atoms with E-state index < -0.39 is 29.2 Å². The van der Waals surface area contributed by atoms with Crippen LogP contribution < -0.4 is 15.0 Å². The molecule has 3 aliphatic rings. The van der Waals surface area contributed by atoms with Crippen LogP contribution in [0.25, 0.3) is 22.2 Å². The molecule has 1 unspecified atom stereocenters. The van der Waals surface area contributed by atoms with Crippen LogP contribution in [0.5, 0.6) is 5.88 Å². The molecule has 0 aliphatic carbocycles. The minimum absolute atomic E-state index is 0.0403. The summed E-state index contributed by atoms with van der Waals surface area (Å²) in [6.07, 6.45) is 2.02. The number of thioether (sulfide) groups is 1. The van der Waals surface area contributed by atoms with E-state index in [-0.39, 0.29) is 41.3 Å². The molecule has 0 saturated carbocycles. The van der Waals surface area contributed by atoms with Crippen molar-refractivity contribution >= 4 is 62.3 Å². The van der Waals surface area contributed by atoms with Crippen molar-refractivity contribution in [3.63, 3.8) is 0 Å². The summed E-state index contributed by atoms with van der Waals surface area (Å²) in [7, 11) is 0. The van der Waals surface area contributed by atoms with Gasteiger partial charge in [-0.3, -0.25) is 10.2 Å². The van der Waals surface area contributed by atoms with Crippen LogP contribution in [0.15, 0.2) is 15.7 Å². The summed E-state index contributed by atoms with van der Waals surface area (Å²) < 4.78 is 35.5. The van der Waals surface area contributed by atoms with Crippen LogP contribution in [-0.4, -0.2) is 80.3 Å². The Labute approximate surface area is 292 Å². The molecule has 2 aromatic heterocycles. The molecule has 48 heavy (non-hydrogen) atoms. The molecule has 14 heteroatoms. The van der Waals surface area contributed by atoms with Crippen LogP contribution >= 0.6 is 27.7 Å². The number of pyridine rings is 1. The standard InChI is InChI=1S/C34H42BrFN6O5S/c1-15-13-19(16(2)24(22(15)35)39-31(43)46-33(4,5)6)25-23(36)26-21-28(40-30(38-26)48-10)41-14-18-11-12-20(27(41)17(3)45-29(21)37-25)42(18)32(44)47-34(7,8)9/h13,17-18,20,27H,11-12,14H2,1-10H3,(H,39,43)/t17-,18+,20-,27?/m0/s1. The number of anilines is 2. The lowest BCUT2D eigenvalue weighted by Gasteiger charge is -2.48. The van der Waals surface area contributed by atoms with Gasteiger partial charge >= 0.3 is 12.2 Å². The molecule has 258 valence electrons. The lowest BCUT2D eigenvalue weighted by Crippen LogP contribution is -2.65. The highest BCUT2D eigenvalue weighted by atomic mass is 79.9. The number of aromatic nitrogens is 3. The zero-order chi connectivity index (χ0) is 35.0. The summed E-state index contributed by atoms with van der Waals surface area (Å²) in [5.41, 5.74) is 1.05. The fourth-order valence-corrected chi connectivity index (χ4v) is 7.84. The van der Waals surface area contributed by atoms with E-state index in [4.69, 9.17) is 24.2 Å². The van der Waals surface area contributed by atoms with Crippen molar-refractivity contribution in [2.75, 3.05) is 23.0 Å². The maximum absolute atomic E-state index is 16.9. The number of amides is 2. The molecule has 3 aliphatic heterocycles. The van der Waals surface area contributed by atoms with Gasteiger partial charge < -0.3 is 19.1 Å². The van der Waals surface area contributed by atoms with Crippen molar-refractivity contribution in [3.05, 3.63) is 27.5 Å². The van der Waals surface area contributed by atoms with E-state index in [9.17, 15) is 9.59 Å². The molecule has 2 fully saturated rings. The number of carbonyl (C=O) groups excluding carboxylic acids is 2. The minimum atomic E-state index is -0.707. The zero-order valence-electron chi connectivity index (χ0n) is 28.9. The molecule has 1 aromatic carbocycles. The number of rotatable bonds is 3. The zero-order valence-corrected chi connectivity index (χ0v) is 31.4. The van der Waals surface area contributed by atoms with E-state index in [1.54, 1.807) is 27.7 Å². The smallest absolute Gasteiger partial charge is 0.412 e. The third kappa shape index (κ3) is 6.14. The minimum Gasteiger partial charge on any atom is -0.472 e. The van der Waals surface area contributed by atoms with E-state index in [0.29, 0.717) is 44.2 Å². The maximum Gasteiger partial charge on any atom is 0.412 e. The first-order chi connectivity index (χ1) is 22.4. The van der Waals surface area contributed by atoms with E-state index in [1.807, 2.05) is 51.8 Å². The number of nitrogens with one attached hydrogen (secondary N) is 1. The number of nitrogens with zero attached hydrogens (tertiary/aromatic N) is 5. The van der Waals surface area contributed by atoms with E-state index >= 15 is 4.39 Å². The van der Waals surface area contributed by atoms with Crippen LogP contribution in [0.1, 0.15) is 72.4 Å². The number of halogens is 2. The number of carbonyl (C=O) groups is 2. The second kappa shape index (κ2) is 12.2. The number of benzene rings is 1. The van der Waals surface area contributed by atoms with Crippen molar-refractivity contribution in [1.82, 2.24) is 19.9 Å². The van der Waals surface area contributed by atoms with Crippen molar-refractivity contribution < 1.29 is 28.2 Å². The Balaban J connectivity index is 1.49. The van der Waals surface area contributed by atoms with Gasteiger partial charge in [0.1, 0.15) is 39.7 Å². The first kappa shape index (κ1) is 34.5. The van der Waals surface area contributed by atoms with Gasteiger partial charge in [0.2, 0.25) is 5.88 Å². The molecule has 2 saturated heterocycles. The number of hydrogen-bond acceptors (Lipinski definition) is 10. The van der Waals surface area contributed by atoms with Crippen LogP contribution in [0.3, 0.4) is 0 Å². The van der Waals surface area contributed by atoms with E-state index in [0.717, 1.165) is 18.4 Å². The molecular weight excluding hydrogens is 703 g/mol.